The van der Waals surface area contributed by atoms with Crippen LogP contribution in [0.1, 0.15) is 57.4 Å². The van der Waals surface area contributed by atoms with Crippen LogP contribution >= 0.6 is 0 Å². The molecular formula is C17H25NO2. The van der Waals surface area contributed by atoms with Crippen molar-refractivity contribution in [2.75, 3.05) is 0 Å². The summed E-state index contributed by atoms with van der Waals surface area (Å²) in [7, 11) is 0. The molecule has 3 heteroatoms. The Kier molecular flexibility index (Phi) is 5.18. The number of carboxylic acid groups (broad SMARTS) is 1. The zero-order valence-corrected chi connectivity index (χ0v) is 12.3. The van der Waals surface area contributed by atoms with Crippen molar-refractivity contribution in [3.63, 3.8) is 0 Å². The summed E-state index contributed by atoms with van der Waals surface area (Å²) in [5, 5.41) is 13.3. The second kappa shape index (κ2) is 6.89. The Morgan fingerprint density at radius 2 is 1.80 bits per heavy atom. The van der Waals surface area contributed by atoms with E-state index in [0.717, 1.165) is 18.4 Å². The summed E-state index contributed by atoms with van der Waals surface area (Å²) in [4.78, 5) is 12.0. The maximum atomic E-state index is 12.0. The minimum Gasteiger partial charge on any atom is -0.480 e. The summed E-state index contributed by atoms with van der Waals surface area (Å²) in [6.45, 7) is 1.95. The first-order valence-electron chi connectivity index (χ1n) is 7.75. The van der Waals surface area contributed by atoms with Crippen LogP contribution in [0.3, 0.4) is 0 Å². The van der Waals surface area contributed by atoms with Crippen LogP contribution in [-0.2, 0) is 10.3 Å². The van der Waals surface area contributed by atoms with Crippen molar-refractivity contribution >= 4 is 5.97 Å². The molecule has 2 rings (SSSR count). The zero-order valence-electron chi connectivity index (χ0n) is 12.3. The first kappa shape index (κ1) is 15.0. The topological polar surface area (TPSA) is 49.3 Å². The lowest BCUT2D eigenvalue weighted by molar-refractivity contribution is -0.146. The SMILES string of the molecule is CCC(NC1CCCCCC1)(C(=O)O)c1ccccc1. The first-order valence-corrected chi connectivity index (χ1v) is 7.75. The van der Waals surface area contributed by atoms with Gasteiger partial charge in [0.1, 0.15) is 5.54 Å². The van der Waals surface area contributed by atoms with E-state index in [-0.39, 0.29) is 0 Å². The van der Waals surface area contributed by atoms with Gasteiger partial charge in [-0.2, -0.15) is 0 Å². The number of hydrogen-bond donors (Lipinski definition) is 2. The molecule has 110 valence electrons. The fraction of sp³-hybridized carbons (Fsp3) is 0.588. The van der Waals surface area contributed by atoms with Gasteiger partial charge in [0, 0.05) is 6.04 Å². The highest BCUT2D eigenvalue weighted by atomic mass is 16.4. The van der Waals surface area contributed by atoms with Gasteiger partial charge in [-0.15, -0.1) is 0 Å². The third-order valence-corrected chi connectivity index (χ3v) is 4.47. The molecular weight excluding hydrogens is 250 g/mol. The lowest BCUT2D eigenvalue weighted by Crippen LogP contribution is -2.53. The molecule has 0 aromatic heterocycles. The molecule has 1 aliphatic carbocycles. The number of carboxylic acids is 1. The van der Waals surface area contributed by atoms with E-state index in [1.807, 2.05) is 37.3 Å². The highest BCUT2D eigenvalue weighted by Gasteiger charge is 2.40. The fourth-order valence-corrected chi connectivity index (χ4v) is 3.22. The Labute approximate surface area is 121 Å². The Morgan fingerprint density at radius 1 is 1.20 bits per heavy atom. The minimum atomic E-state index is -0.948. The molecule has 1 fully saturated rings. The predicted octanol–water partition coefficient (Wildman–Crippen LogP) is 3.69. The predicted molar refractivity (Wildman–Crippen MR) is 80.7 cm³/mol. The number of carbonyl (C=O) groups is 1. The zero-order chi connectivity index (χ0) is 14.4. The van der Waals surface area contributed by atoms with Crippen molar-refractivity contribution < 1.29 is 9.90 Å². The lowest BCUT2D eigenvalue weighted by Gasteiger charge is -2.34. The third kappa shape index (κ3) is 3.21. The summed E-state index contributed by atoms with van der Waals surface area (Å²) in [6.07, 6.45) is 7.68. The van der Waals surface area contributed by atoms with Crippen LogP contribution in [0.4, 0.5) is 0 Å². The highest BCUT2D eigenvalue weighted by molar-refractivity contribution is 5.80. The second-order valence-corrected chi connectivity index (χ2v) is 5.76. The van der Waals surface area contributed by atoms with Crippen LogP contribution in [0.2, 0.25) is 0 Å². The molecule has 0 spiro atoms. The van der Waals surface area contributed by atoms with Crippen molar-refractivity contribution in [2.45, 2.75) is 63.5 Å². The Morgan fingerprint density at radius 3 is 2.30 bits per heavy atom. The van der Waals surface area contributed by atoms with Gasteiger partial charge in [-0.3, -0.25) is 5.32 Å². The van der Waals surface area contributed by atoms with Gasteiger partial charge >= 0.3 is 5.97 Å². The molecule has 1 saturated carbocycles. The van der Waals surface area contributed by atoms with Gasteiger partial charge in [-0.25, -0.2) is 4.79 Å². The minimum absolute atomic E-state index is 0.314. The van der Waals surface area contributed by atoms with Crippen LogP contribution in [0.25, 0.3) is 0 Å². The third-order valence-electron chi connectivity index (χ3n) is 4.47. The maximum Gasteiger partial charge on any atom is 0.328 e. The van der Waals surface area contributed by atoms with Gasteiger partial charge in [0.25, 0.3) is 0 Å². The quantitative estimate of drug-likeness (QED) is 0.806. The van der Waals surface area contributed by atoms with Crippen molar-refractivity contribution in [3.8, 4) is 0 Å². The van der Waals surface area contributed by atoms with E-state index in [0.29, 0.717) is 12.5 Å². The normalized spacial score (nSPS) is 20.1. The number of benzene rings is 1. The summed E-state index contributed by atoms with van der Waals surface area (Å²) in [6, 6.07) is 9.91. The number of rotatable bonds is 5. The summed E-state index contributed by atoms with van der Waals surface area (Å²) >= 11 is 0. The van der Waals surface area contributed by atoms with E-state index < -0.39 is 11.5 Å². The van der Waals surface area contributed by atoms with E-state index in [1.165, 1.54) is 25.7 Å². The fourth-order valence-electron chi connectivity index (χ4n) is 3.22. The molecule has 1 atom stereocenters. The number of nitrogens with one attached hydrogen (secondary N) is 1. The van der Waals surface area contributed by atoms with Crippen molar-refractivity contribution in [3.05, 3.63) is 35.9 Å². The molecule has 1 aromatic carbocycles. The Hall–Kier alpha value is -1.35. The highest BCUT2D eigenvalue weighted by Crippen LogP contribution is 2.29. The molecule has 3 nitrogen and oxygen atoms in total. The smallest absolute Gasteiger partial charge is 0.328 e. The molecule has 2 N–H and O–H groups in total. The molecule has 0 bridgehead atoms. The van der Waals surface area contributed by atoms with Gasteiger partial charge in [0.15, 0.2) is 0 Å². The van der Waals surface area contributed by atoms with Gasteiger partial charge in [-0.05, 0) is 24.8 Å². The molecule has 1 aromatic rings. The van der Waals surface area contributed by atoms with Crippen molar-refractivity contribution in [2.24, 2.45) is 0 Å². The van der Waals surface area contributed by atoms with E-state index in [9.17, 15) is 9.90 Å². The average Bonchev–Trinajstić information content (AvgIpc) is 2.74. The Balaban J connectivity index is 2.25. The van der Waals surface area contributed by atoms with E-state index in [2.05, 4.69) is 5.32 Å². The largest absolute Gasteiger partial charge is 0.480 e. The van der Waals surface area contributed by atoms with E-state index in [4.69, 9.17) is 0 Å². The molecule has 0 amide bonds. The molecule has 20 heavy (non-hydrogen) atoms. The lowest BCUT2D eigenvalue weighted by atomic mass is 9.85. The molecule has 0 heterocycles. The van der Waals surface area contributed by atoms with Gasteiger partial charge in [0.05, 0.1) is 0 Å². The van der Waals surface area contributed by atoms with E-state index in [1.54, 1.807) is 0 Å². The monoisotopic (exact) mass is 275 g/mol. The average molecular weight is 275 g/mol. The van der Waals surface area contributed by atoms with Gasteiger partial charge < -0.3 is 5.11 Å². The standard InChI is InChI=1S/C17H25NO2/c1-2-17(16(19)20,14-10-6-5-7-11-14)18-15-12-8-3-4-9-13-15/h5-7,10-11,15,18H,2-4,8-9,12-13H2,1H3,(H,19,20). The van der Waals surface area contributed by atoms with Crippen molar-refractivity contribution in [1.82, 2.24) is 5.32 Å². The second-order valence-electron chi connectivity index (χ2n) is 5.76. The van der Waals surface area contributed by atoms with Gasteiger partial charge in [0.2, 0.25) is 0 Å². The number of hydrogen-bond acceptors (Lipinski definition) is 2. The molecule has 1 unspecified atom stereocenters. The molecule has 0 aliphatic heterocycles. The molecule has 1 aliphatic rings. The summed E-state index contributed by atoms with van der Waals surface area (Å²) in [5.41, 5.74) is -0.0877. The van der Waals surface area contributed by atoms with Crippen molar-refractivity contribution in [1.29, 1.82) is 0 Å². The molecule has 0 saturated heterocycles. The summed E-state index contributed by atoms with van der Waals surface area (Å²) in [5.74, 6) is -0.768. The van der Waals surface area contributed by atoms with Gasteiger partial charge in [-0.1, -0.05) is 62.9 Å². The maximum absolute atomic E-state index is 12.0. The van der Waals surface area contributed by atoms with Crippen LogP contribution in [-0.4, -0.2) is 17.1 Å². The number of aliphatic carboxylic acids is 1. The van der Waals surface area contributed by atoms with Crippen LogP contribution < -0.4 is 5.32 Å². The molecule has 0 radical (unpaired) electrons. The van der Waals surface area contributed by atoms with Crippen LogP contribution in [0, 0.1) is 0 Å². The Bertz CT molecular complexity index is 424. The first-order chi connectivity index (χ1) is 9.69. The summed E-state index contributed by atoms with van der Waals surface area (Å²) < 4.78 is 0. The van der Waals surface area contributed by atoms with Crippen LogP contribution in [0.15, 0.2) is 30.3 Å². The van der Waals surface area contributed by atoms with Crippen LogP contribution in [0.5, 0.6) is 0 Å². The van der Waals surface area contributed by atoms with E-state index >= 15 is 0 Å².